The lowest BCUT2D eigenvalue weighted by molar-refractivity contribution is -0.141. The first-order valence-electron chi connectivity index (χ1n) is 5.61. The summed E-state index contributed by atoms with van der Waals surface area (Å²) < 4.78 is 0. The largest absolute Gasteiger partial charge is 0.342 e. The fourth-order valence-electron chi connectivity index (χ4n) is 1.92. The van der Waals surface area contributed by atoms with Crippen molar-refractivity contribution in [1.82, 2.24) is 4.90 Å². The molecule has 1 aliphatic heterocycles. The SMILES string of the molecule is CC1CCN(C(=O)C(C)(C)C)CC1C. The number of carbonyl (C=O) groups excluding carboxylic acids is 1. The Morgan fingerprint density at radius 3 is 2.21 bits per heavy atom. The van der Waals surface area contributed by atoms with Gasteiger partial charge in [-0.3, -0.25) is 4.79 Å². The van der Waals surface area contributed by atoms with E-state index in [2.05, 4.69) is 13.8 Å². The summed E-state index contributed by atoms with van der Waals surface area (Å²) in [4.78, 5) is 14.0. The summed E-state index contributed by atoms with van der Waals surface area (Å²) in [6.45, 7) is 12.4. The maximum absolute atomic E-state index is 12.0. The number of hydrogen-bond donors (Lipinski definition) is 0. The minimum atomic E-state index is -0.222. The van der Waals surface area contributed by atoms with E-state index < -0.39 is 0 Å². The molecule has 0 saturated carbocycles. The fraction of sp³-hybridized carbons (Fsp3) is 0.917. The molecule has 2 unspecified atom stereocenters. The van der Waals surface area contributed by atoms with Gasteiger partial charge in [0.15, 0.2) is 0 Å². The quantitative estimate of drug-likeness (QED) is 0.584. The Bertz CT molecular complexity index is 217. The second-order valence-corrected chi connectivity index (χ2v) is 5.74. The second kappa shape index (κ2) is 3.92. The van der Waals surface area contributed by atoms with Gasteiger partial charge in [-0.15, -0.1) is 0 Å². The molecule has 2 nitrogen and oxygen atoms in total. The van der Waals surface area contributed by atoms with Crippen LogP contribution in [-0.2, 0) is 4.79 Å². The van der Waals surface area contributed by atoms with Crippen LogP contribution in [-0.4, -0.2) is 23.9 Å². The van der Waals surface area contributed by atoms with Crippen LogP contribution in [0.15, 0.2) is 0 Å². The van der Waals surface area contributed by atoms with Crippen molar-refractivity contribution in [2.24, 2.45) is 17.3 Å². The van der Waals surface area contributed by atoms with Gasteiger partial charge < -0.3 is 4.90 Å². The third kappa shape index (κ3) is 2.49. The Morgan fingerprint density at radius 1 is 1.21 bits per heavy atom. The molecule has 1 aliphatic rings. The van der Waals surface area contributed by atoms with Crippen LogP contribution in [0.5, 0.6) is 0 Å². The first kappa shape index (κ1) is 11.5. The zero-order valence-electron chi connectivity index (χ0n) is 10.1. The average molecular weight is 197 g/mol. The molecule has 0 radical (unpaired) electrons. The molecule has 0 aromatic carbocycles. The van der Waals surface area contributed by atoms with Gasteiger partial charge in [-0.25, -0.2) is 0 Å². The van der Waals surface area contributed by atoms with Crippen LogP contribution >= 0.6 is 0 Å². The number of piperidine rings is 1. The molecular formula is C12H23NO. The van der Waals surface area contributed by atoms with Gasteiger partial charge in [-0.2, -0.15) is 0 Å². The molecule has 0 bridgehead atoms. The number of carbonyl (C=O) groups is 1. The molecule has 1 rings (SSSR count). The zero-order chi connectivity index (χ0) is 10.9. The molecule has 2 heteroatoms. The van der Waals surface area contributed by atoms with Crippen LogP contribution in [0, 0.1) is 17.3 Å². The van der Waals surface area contributed by atoms with Crippen molar-refractivity contribution in [2.75, 3.05) is 13.1 Å². The van der Waals surface area contributed by atoms with Crippen LogP contribution in [0.1, 0.15) is 41.0 Å². The summed E-state index contributed by atoms with van der Waals surface area (Å²) in [6.07, 6.45) is 1.16. The summed E-state index contributed by atoms with van der Waals surface area (Å²) in [5.41, 5.74) is -0.222. The first-order chi connectivity index (χ1) is 6.32. The third-order valence-corrected chi connectivity index (χ3v) is 3.26. The summed E-state index contributed by atoms with van der Waals surface area (Å²) in [5.74, 6) is 1.71. The lowest BCUT2D eigenvalue weighted by Crippen LogP contribution is -2.46. The molecule has 1 saturated heterocycles. The minimum absolute atomic E-state index is 0.222. The van der Waals surface area contributed by atoms with E-state index in [4.69, 9.17) is 0 Å². The Morgan fingerprint density at radius 2 is 1.79 bits per heavy atom. The van der Waals surface area contributed by atoms with E-state index in [1.807, 2.05) is 25.7 Å². The lowest BCUT2D eigenvalue weighted by atomic mass is 9.86. The molecule has 82 valence electrons. The first-order valence-corrected chi connectivity index (χ1v) is 5.61. The molecule has 0 aromatic heterocycles. The van der Waals surface area contributed by atoms with E-state index in [1.54, 1.807) is 0 Å². The smallest absolute Gasteiger partial charge is 0.227 e. The predicted octanol–water partition coefficient (Wildman–Crippen LogP) is 2.54. The highest BCUT2D eigenvalue weighted by Gasteiger charge is 2.31. The van der Waals surface area contributed by atoms with E-state index in [-0.39, 0.29) is 5.41 Å². The topological polar surface area (TPSA) is 20.3 Å². The highest BCUT2D eigenvalue weighted by Crippen LogP contribution is 2.26. The van der Waals surface area contributed by atoms with E-state index in [0.717, 1.165) is 25.4 Å². The molecule has 14 heavy (non-hydrogen) atoms. The van der Waals surface area contributed by atoms with Gasteiger partial charge in [0.25, 0.3) is 0 Å². The van der Waals surface area contributed by atoms with Gasteiger partial charge in [0.05, 0.1) is 0 Å². The van der Waals surface area contributed by atoms with Crippen LogP contribution in [0.25, 0.3) is 0 Å². The Hall–Kier alpha value is -0.530. The number of hydrogen-bond acceptors (Lipinski definition) is 1. The van der Waals surface area contributed by atoms with Crippen LogP contribution in [0.3, 0.4) is 0 Å². The summed E-state index contributed by atoms with van der Waals surface area (Å²) >= 11 is 0. The summed E-state index contributed by atoms with van der Waals surface area (Å²) in [6, 6.07) is 0. The second-order valence-electron chi connectivity index (χ2n) is 5.74. The van der Waals surface area contributed by atoms with Gasteiger partial charge >= 0.3 is 0 Å². The number of likely N-dealkylation sites (tertiary alicyclic amines) is 1. The van der Waals surface area contributed by atoms with Crippen molar-refractivity contribution < 1.29 is 4.79 Å². The van der Waals surface area contributed by atoms with Gasteiger partial charge in [0, 0.05) is 18.5 Å². The Labute approximate surface area is 87.7 Å². The van der Waals surface area contributed by atoms with Gasteiger partial charge in [0.2, 0.25) is 5.91 Å². The van der Waals surface area contributed by atoms with Gasteiger partial charge in [0.1, 0.15) is 0 Å². The molecule has 2 atom stereocenters. The molecule has 1 heterocycles. The molecule has 0 N–H and O–H groups in total. The van der Waals surface area contributed by atoms with Crippen molar-refractivity contribution in [2.45, 2.75) is 41.0 Å². The van der Waals surface area contributed by atoms with E-state index in [0.29, 0.717) is 11.8 Å². The third-order valence-electron chi connectivity index (χ3n) is 3.26. The van der Waals surface area contributed by atoms with Crippen LogP contribution in [0.4, 0.5) is 0 Å². The number of nitrogens with zero attached hydrogens (tertiary/aromatic N) is 1. The number of rotatable bonds is 0. The fourth-order valence-corrected chi connectivity index (χ4v) is 1.92. The molecular weight excluding hydrogens is 174 g/mol. The zero-order valence-corrected chi connectivity index (χ0v) is 10.1. The Balaban J connectivity index is 2.59. The molecule has 0 aliphatic carbocycles. The van der Waals surface area contributed by atoms with Crippen molar-refractivity contribution >= 4 is 5.91 Å². The van der Waals surface area contributed by atoms with Crippen molar-refractivity contribution in [3.05, 3.63) is 0 Å². The van der Waals surface area contributed by atoms with E-state index in [1.165, 1.54) is 0 Å². The van der Waals surface area contributed by atoms with E-state index >= 15 is 0 Å². The predicted molar refractivity (Wildman–Crippen MR) is 59.0 cm³/mol. The highest BCUT2D eigenvalue weighted by atomic mass is 16.2. The number of amides is 1. The average Bonchev–Trinajstić information content (AvgIpc) is 2.07. The van der Waals surface area contributed by atoms with Crippen LogP contribution < -0.4 is 0 Å². The molecule has 0 spiro atoms. The minimum Gasteiger partial charge on any atom is -0.342 e. The standard InChI is InChI=1S/C12H23NO/c1-9-6-7-13(8-10(9)2)11(14)12(3,4)5/h9-10H,6-8H2,1-5H3. The van der Waals surface area contributed by atoms with Crippen molar-refractivity contribution in [3.8, 4) is 0 Å². The maximum atomic E-state index is 12.0. The molecule has 1 amide bonds. The Kier molecular flexibility index (Phi) is 3.23. The highest BCUT2D eigenvalue weighted by molar-refractivity contribution is 5.81. The van der Waals surface area contributed by atoms with Gasteiger partial charge in [-0.1, -0.05) is 34.6 Å². The van der Waals surface area contributed by atoms with E-state index in [9.17, 15) is 4.79 Å². The summed E-state index contributed by atoms with van der Waals surface area (Å²) in [7, 11) is 0. The van der Waals surface area contributed by atoms with Gasteiger partial charge in [-0.05, 0) is 18.3 Å². The van der Waals surface area contributed by atoms with Crippen molar-refractivity contribution in [3.63, 3.8) is 0 Å². The maximum Gasteiger partial charge on any atom is 0.227 e. The van der Waals surface area contributed by atoms with Crippen LogP contribution in [0.2, 0.25) is 0 Å². The normalized spacial score (nSPS) is 29.1. The van der Waals surface area contributed by atoms with Crippen molar-refractivity contribution in [1.29, 1.82) is 0 Å². The molecule has 1 fully saturated rings. The molecule has 0 aromatic rings. The summed E-state index contributed by atoms with van der Waals surface area (Å²) in [5, 5.41) is 0. The monoisotopic (exact) mass is 197 g/mol. The lowest BCUT2D eigenvalue weighted by Gasteiger charge is -2.38.